The lowest BCUT2D eigenvalue weighted by Gasteiger charge is -2.31. The van der Waals surface area contributed by atoms with Crippen molar-refractivity contribution in [3.8, 4) is 0 Å². The molecule has 1 saturated carbocycles. The number of nitrogens with zero attached hydrogens (tertiary/aromatic N) is 3. The van der Waals surface area contributed by atoms with Gasteiger partial charge in [-0.25, -0.2) is 4.98 Å². The van der Waals surface area contributed by atoms with Crippen molar-refractivity contribution in [2.75, 3.05) is 13.6 Å². The zero-order valence-corrected chi connectivity index (χ0v) is 14.0. The van der Waals surface area contributed by atoms with Gasteiger partial charge >= 0.3 is 0 Å². The molecule has 0 aromatic carbocycles. The van der Waals surface area contributed by atoms with Gasteiger partial charge in [0, 0.05) is 51.4 Å². The van der Waals surface area contributed by atoms with Gasteiger partial charge < -0.3 is 14.8 Å². The smallest absolute Gasteiger partial charge is 0.222 e. The fourth-order valence-corrected chi connectivity index (χ4v) is 3.08. The zero-order chi connectivity index (χ0) is 16.5. The highest BCUT2D eigenvalue weighted by molar-refractivity contribution is 5.79. The Bertz CT molecular complexity index is 481. The van der Waals surface area contributed by atoms with E-state index in [0.717, 1.165) is 19.4 Å². The molecule has 128 valence electrons. The molecule has 0 aliphatic heterocycles. The fraction of sp³-hybridized carbons (Fsp3) is 0.706. The van der Waals surface area contributed by atoms with Gasteiger partial charge in [-0.05, 0) is 19.3 Å². The summed E-state index contributed by atoms with van der Waals surface area (Å²) >= 11 is 0. The molecular formula is C17H28N4O2. The lowest BCUT2D eigenvalue weighted by atomic mass is 9.94. The van der Waals surface area contributed by atoms with Crippen LogP contribution in [0.4, 0.5) is 0 Å². The molecule has 2 rings (SSSR count). The Kier molecular flexibility index (Phi) is 7.10. The van der Waals surface area contributed by atoms with Crippen LogP contribution in [-0.2, 0) is 16.1 Å². The van der Waals surface area contributed by atoms with Crippen LogP contribution < -0.4 is 5.32 Å². The number of hydrogen-bond acceptors (Lipinski definition) is 3. The number of carbonyl (C=O) groups excluding carboxylic acids is 2. The standard InChI is InChI=1S/C17H28N4O2/c1-20(15-6-3-2-4-7-15)17(23)9-5-8-16(22)19-11-13-21-12-10-18-14-21/h10,12,14-15H,2-9,11,13H2,1H3,(H,19,22). The summed E-state index contributed by atoms with van der Waals surface area (Å²) in [7, 11) is 1.91. The maximum atomic E-state index is 12.2. The van der Waals surface area contributed by atoms with E-state index < -0.39 is 0 Å². The van der Waals surface area contributed by atoms with Crippen molar-refractivity contribution in [2.45, 2.75) is 64.0 Å². The van der Waals surface area contributed by atoms with Crippen LogP contribution in [0.3, 0.4) is 0 Å². The number of rotatable bonds is 8. The lowest BCUT2D eigenvalue weighted by Crippen LogP contribution is -2.38. The predicted octanol–water partition coefficient (Wildman–Crippen LogP) is 1.96. The number of imidazole rings is 1. The minimum absolute atomic E-state index is 0.0123. The maximum absolute atomic E-state index is 12.2. The number of amides is 2. The van der Waals surface area contributed by atoms with Crippen molar-refractivity contribution in [3.63, 3.8) is 0 Å². The Morgan fingerprint density at radius 2 is 2.04 bits per heavy atom. The molecule has 1 aliphatic carbocycles. The molecule has 1 aromatic heterocycles. The van der Waals surface area contributed by atoms with Gasteiger partial charge in [-0.1, -0.05) is 19.3 Å². The summed E-state index contributed by atoms with van der Waals surface area (Å²) in [4.78, 5) is 29.8. The molecule has 23 heavy (non-hydrogen) atoms. The van der Waals surface area contributed by atoms with Gasteiger partial charge in [0.2, 0.25) is 11.8 Å². The monoisotopic (exact) mass is 320 g/mol. The van der Waals surface area contributed by atoms with Crippen LogP contribution in [0, 0.1) is 0 Å². The van der Waals surface area contributed by atoms with Crippen LogP contribution in [-0.4, -0.2) is 45.9 Å². The third kappa shape index (κ3) is 6.04. The van der Waals surface area contributed by atoms with Crippen LogP contribution in [0.5, 0.6) is 0 Å². The predicted molar refractivity (Wildman–Crippen MR) is 88.7 cm³/mol. The fourth-order valence-electron chi connectivity index (χ4n) is 3.08. The highest BCUT2D eigenvalue weighted by Gasteiger charge is 2.21. The third-order valence-electron chi connectivity index (χ3n) is 4.56. The van der Waals surface area contributed by atoms with Crippen molar-refractivity contribution in [1.82, 2.24) is 19.8 Å². The first kappa shape index (κ1) is 17.5. The Morgan fingerprint density at radius 1 is 1.26 bits per heavy atom. The number of hydrogen-bond donors (Lipinski definition) is 1. The van der Waals surface area contributed by atoms with Crippen LogP contribution in [0.25, 0.3) is 0 Å². The van der Waals surface area contributed by atoms with E-state index in [1.165, 1.54) is 19.3 Å². The second kappa shape index (κ2) is 9.33. The van der Waals surface area contributed by atoms with Gasteiger partial charge in [-0.15, -0.1) is 0 Å². The largest absolute Gasteiger partial charge is 0.354 e. The topological polar surface area (TPSA) is 67.2 Å². The maximum Gasteiger partial charge on any atom is 0.222 e. The molecule has 1 aromatic rings. The zero-order valence-electron chi connectivity index (χ0n) is 14.0. The average Bonchev–Trinajstić information content (AvgIpc) is 3.08. The van der Waals surface area contributed by atoms with E-state index in [-0.39, 0.29) is 11.8 Å². The SMILES string of the molecule is CN(C(=O)CCCC(=O)NCCn1ccnc1)C1CCCCC1. The molecule has 6 heteroatoms. The molecule has 1 fully saturated rings. The highest BCUT2D eigenvalue weighted by Crippen LogP contribution is 2.22. The molecule has 6 nitrogen and oxygen atoms in total. The molecule has 0 unspecified atom stereocenters. The van der Waals surface area contributed by atoms with Crippen molar-refractivity contribution in [1.29, 1.82) is 0 Å². The minimum atomic E-state index is 0.0123. The molecule has 2 amide bonds. The molecule has 0 saturated heterocycles. The van der Waals surface area contributed by atoms with Crippen molar-refractivity contribution in [2.24, 2.45) is 0 Å². The van der Waals surface area contributed by atoms with Crippen molar-refractivity contribution < 1.29 is 9.59 Å². The van der Waals surface area contributed by atoms with Crippen LogP contribution >= 0.6 is 0 Å². The van der Waals surface area contributed by atoms with Crippen LogP contribution in [0.1, 0.15) is 51.4 Å². The van der Waals surface area contributed by atoms with Crippen LogP contribution in [0.15, 0.2) is 18.7 Å². The van der Waals surface area contributed by atoms with Gasteiger partial charge in [0.25, 0.3) is 0 Å². The normalized spacial score (nSPS) is 15.3. The van der Waals surface area contributed by atoms with Gasteiger partial charge in [0.15, 0.2) is 0 Å². The number of carbonyl (C=O) groups is 2. The van der Waals surface area contributed by atoms with Crippen molar-refractivity contribution in [3.05, 3.63) is 18.7 Å². The summed E-state index contributed by atoms with van der Waals surface area (Å²) in [6.07, 6.45) is 12.8. The molecule has 0 radical (unpaired) electrons. The van der Waals surface area contributed by atoms with E-state index in [9.17, 15) is 9.59 Å². The molecule has 0 bridgehead atoms. The summed E-state index contributed by atoms with van der Waals surface area (Å²) in [6, 6.07) is 0.403. The first-order valence-electron chi connectivity index (χ1n) is 8.65. The van der Waals surface area contributed by atoms with Gasteiger partial charge in [-0.3, -0.25) is 9.59 Å². The van der Waals surface area contributed by atoms with E-state index in [1.807, 2.05) is 22.7 Å². The summed E-state index contributed by atoms with van der Waals surface area (Å²) in [6.45, 7) is 1.31. The quantitative estimate of drug-likeness (QED) is 0.796. The molecule has 1 aliphatic rings. The molecule has 0 spiro atoms. The van der Waals surface area contributed by atoms with E-state index in [2.05, 4.69) is 10.3 Å². The van der Waals surface area contributed by atoms with Crippen LogP contribution in [0.2, 0.25) is 0 Å². The Hall–Kier alpha value is -1.85. The second-order valence-corrected chi connectivity index (χ2v) is 6.30. The summed E-state index contributed by atoms with van der Waals surface area (Å²) in [5, 5.41) is 2.87. The highest BCUT2D eigenvalue weighted by atomic mass is 16.2. The van der Waals surface area contributed by atoms with Gasteiger partial charge in [0.05, 0.1) is 6.33 Å². The summed E-state index contributed by atoms with van der Waals surface area (Å²) in [5.74, 6) is 0.182. The minimum Gasteiger partial charge on any atom is -0.354 e. The third-order valence-corrected chi connectivity index (χ3v) is 4.56. The average molecular weight is 320 g/mol. The molecule has 1 heterocycles. The number of nitrogens with one attached hydrogen (secondary N) is 1. The van der Waals surface area contributed by atoms with Crippen molar-refractivity contribution >= 4 is 11.8 Å². The summed E-state index contributed by atoms with van der Waals surface area (Å²) in [5.41, 5.74) is 0. The lowest BCUT2D eigenvalue weighted by molar-refractivity contribution is -0.132. The van der Waals surface area contributed by atoms with E-state index in [4.69, 9.17) is 0 Å². The first-order chi connectivity index (χ1) is 11.2. The van der Waals surface area contributed by atoms with E-state index in [1.54, 1.807) is 12.5 Å². The molecule has 1 N–H and O–H groups in total. The Balaban J connectivity index is 1.56. The Labute approximate surface area is 138 Å². The second-order valence-electron chi connectivity index (χ2n) is 6.30. The van der Waals surface area contributed by atoms with E-state index >= 15 is 0 Å². The Morgan fingerprint density at radius 3 is 2.74 bits per heavy atom. The van der Waals surface area contributed by atoms with Gasteiger partial charge in [-0.2, -0.15) is 0 Å². The number of aromatic nitrogens is 2. The van der Waals surface area contributed by atoms with Gasteiger partial charge in [0.1, 0.15) is 0 Å². The summed E-state index contributed by atoms with van der Waals surface area (Å²) < 4.78 is 1.92. The molecular weight excluding hydrogens is 292 g/mol. The first-order valence-corrected chi connectivity index (χ1v) is 8.65. The van der Waals surface area contributed by atoms with E-state index in [0.29, 0.717) is 31.8 Å². The molecule has 0 atom stereocenters.